The lowest BCUT2D eigenvalue weighted by Crippen LogP contribution is -2.32. The summed E-state index contributed by atoms with van der Waals surface area (Å²) in [5.74, 6) is -0.0717. The van der Waals surface area contributed by atoms with Gasteiger partial charge in [-0.25, -0.2) is 0 Å². The minimum absolute atomic E-state index is 0.148. The fourth-order valence-electron chi connectivity index (χ4n) is 2.69. The topological polar surface area (TPSA) is 49.4 Å². The van der Waals surface area contributed by atoms with Crippen molar-refractivity contribution in [1.82, 2.24) is 0 Å². The van der Waals surface area contributed by atoms with Gasteiger partial charge in [-0.15, -0.1) is 0 Å². The van der Waals surface area contributed by atoms with E-state index in [0.717, 1.165) is 11.3 Å². The Balaban J connectivity index is 2.09. The maximum atomic E-state index is 12.4. The molecule has 2 aromatic carbocycles. The first-order chi connectivity index (χ1) is 12.3. The van der Waals surface area contributed by atoms with Crippen LogP contribution < -0.4 is 10.2 Å². The van der Waals surface area contributed by atoms with Crippen LogP contribution >= 0.6 is 23.2 Å². The van der Waals surface area contributed by atoms with Gasteiger partial charge in [0, 0.05) is 25.6 Å². The lowest BCUT2D eigenvalue weighted by Gasteiger charge is -2.22. The number of nitrogens with zero attached hydrogens (tertiary/aromatic N) is 1. The summed E-state index contributed by atoms with van der Waals surface area (Å²) in [7, 11) is 0. The molecule has 6 heteroatoms. The van der Waals surface area contributed by atoms with Crippen LogP contribution in [0.25, 0.3) is 0 Å². The summed E-state index contributed by atoms with van der Waals surface area (Å²) < 4.78 is 0. The summed E-state index contributed by atoms with van der Waals surface area (Å²) in [5.41, 5.74) is 2.37. The standard InChI is InChI=1S/C20H22Cl2N2O2/c1-13(2)15-7-4-5-9-17(15)23-19(26)11-12-24(14(3)25)18-10-6-8-16(21)20(18)22/h4-10,13H,11-12H2,1-3H3,(H,23,26). The Morgan fingerprint density at radius 3 is 2.42 bits per heavy atom. The average Bonchev–Trinajstić information content (AvgIpc) is 2.58. The zero-order valence-corrected chi connectivity index (χ0v) is 16.6. The molecule has 0 aliphatic heterocycles. The molecule has 26 heavy (non-hydrogen) atoms. The number of hydrogen-bond acceptors (Lipinski definition) is 2. The van der Waals surface area contributed by atoms with Crippen LogP contribution in [0.5, 0.6) is 0 Å². The number of benzene rings is 2. The van der Waals surface area contributed by atoms with Crippen LogP contribution in [-0.4, -0.2) is 18.4 Å². The molecular weight excluding hydrogens is 371 g/mol. The molecule has 2 rings (SSSR count). The van der Waals surface area contributed by atoms with Crippen LogP contribution in [0.1, 0.15) is 38.7 Å². The number of nitrogens with one attached hydrogen (secondary N) is 1. The Morgan fingerprint density at radius 1 is 1.08 bits per heavy atom. The monoisotopic (exact) mass is 392 g/mol. The third-order valence-electron chi connectivity index (χ3n) is 4.02. The number of carbonyl (C=O) groups excluding carboxylic acids is 2. The van der Waals surface area contributed by atoms with Crippen molar-refractivity contribution in [2.45, 2.75) is 33.1 Å². The van der Waals surface area contributed by atoms with Crippen molar-refractivity contribution < 1.29 is 9.59 Å². The second-order valence-corrected chi connectivity index (χ2v) is 7.07. The molecule has 0 spiro atoms. The lowest BCUT2D eigenvalue weighted by molar-refractivity contribution is -0.117. The van der Waals surface area contributed by atoms with E-state index >= 15 is 0 Å². The van der Waals surface area contributed by atoms with Gasteiger partial charge in [0.2, 0.25) is 11.8 Å². The first kappa shape index (κ1) is 20.3. The van der Waals surface area contributed by atoms with Crippen molar-refractivity contribution in [3.8, 4) is 0 Å². The van der Waals surface area contributed by atoms with Gasteiger partial charge in [-0.1, -0.05) is 61.3 Å². The highest BCUT2D eigenvalue weighted by molar-refractivity contribution is 6.44. The molecule has 2 aromatic rings. The summed E-state index contributed by atoms with van der Waals surface area (Å²) in [6.45, 7) is 5.79. The maximum Gasteiger partial charge on any atom is 0.226 e. The molecule has 0 unspecified atom stereocenters. The summed E-state index contributed by atoms with van der Waals surface area (Å²) in [6.07, 6.45) is 0.148. The van der Waals surface area contributed by atoms with Gasteiger partial charge in [0.1, 0.15) is 0 Å². The quantitative estimate of drug-likeness (QED) is 0.705. The Bertz CT molecular complexity index is 806. The number of carbonyl (C=O) groups is 2. The van der Waals surface area contributed by atoms with Gasteiger partial charge >= 0.3 is 0 Å². The highest BCUT2D eigenvalue weighted by Crippen LogP contribution is 2.32. The molecule has 4 nitrogen and oxygen atoms in total. The Labute approximate surface area is 164 Å². The molecule has 2 amide bonds. The second kappa shape index (κ2) is 9.06. The summed E-state index contributed by atoms with van der Waals surface area (Å²) in [4.78, 5) is 25.9. The summed E-state index contributed by atoms with van der Waals surface area (Å²) >= 11 is 12.2. The van der Waals surface area contributed by atoms with Gasteiger partial charge in [-0.2, -0.15) is 0 Å². The van der Waals surface area contributed by atoms with Crippen LogP contribution in [-0.2, 0) is 9.59 Å². The summed E-state index contributed by atoms with van der Waals surface area (Å²) in [6, 6.07) is 12.8. The Hall–Kier alpha value is -2.04. The predicted molar refractivity (Wildman–Crippen MR) is 108 cm³/mol. The van der Waals surface area contributed by atoms with Crippen molar-refractivity contribution in [2.75, 3.05) is 16.8 Å². The third kappa shape index (κ3) is 4.99. The molecule has 1 N–H and O–H groups in total. The van der Waals surface area contributed by atoms with Crippen molar-refractivity contribution >= 4 is 46.4 Å². The molecule has 0 fully saturated rings. The van der Waals surface area contributed by atoms with Gasteiger partial charge < -0.3 is 10.2 Å². The smallest absolute Gasteiger partial charge is 0.226 e. The van der Waals surface area contributed by atoms with Crippen molar-refractivity contribution in [3.05, 3.63) is 58.1 Å². The van der Waals surface area contributed by atoms with Crippen LogP contribution in [0, 0.1) is 0 Å². The molecule has 0 aromatic heterocycles. The van der Waals surface area contributed by atoms with Gasteiger partial charge in [0.25, 0.3) is 0 Å². The van der Waals surface area contributed by atoms with E-state index in [1.54, 1.807) is 18.2 Å². The number of para-hydroxylation sites is 1. The maximum absolute atomic E-state index is 12.4. The average molecular weight is 393 g/mol. The van der Waals surface area contributed by atoms with Crippen molar-refractivity contribution in [3.63, 3.8) is 0 Å². The molecule has 0 aliphatic rings. The first-order valence-corrected chi connectivity index (χ1v) is 9.17. The van der Waals surface area contributed by atoms with E-state index in [1.165, 1.54) is 11.8 Å². The zero-order valence-electron chi connectivity index (χ0n) is 15.1. The molecular formula is C20H22Cl2N2O2. The second-order valence-electron chi connectivity index (χ2n) is 6.28. The normalized spacial score (nSPS) is 10.7. The van der Waals surface area contributed by atoms with Gasteiger partial charge in [0.05, 0.1) is 15.7 Å². The van der Waals surface area contributed by atoms with Crippen molar-refractivity contribution in [1.29, 1.82) is 0 Å². The highest BCUT2D eigenvalue weighted by Gasteiger charge is 2.18. The Morgan fingerprint density at radius 2 is 1.77 bits per heavy atom. The lowest BCUT2D eigenvalue weighted by atomic mass is 10.0. The van der Waals surface area contributed by atoms with Crippen molar-refractivity contribution in [2.24, 2.45) is 0 Å². The van der Waals surface area contributed by atoms with E-state index in [4.69, 9.17) is 23.2 Å². The number of anilines is 2. The fourth-order valence-corrected chi connectivity index (χ4v) is 3.09. The van der Waals surface area contributed by atoms with Crippen LogP contribution in [0.15, 0.2) is 42.5 Å². The van der Waals surface area contributed by atoms with E-state index in [2.05, 4.69) is 19.2 Å². The van der Waals surface area contributed by atoms with Crippen LogP contribution in [0.2, 0.25) is 10.0 Å². The number of hydrogen-bond donors (Lipinski definition) is 1. The van der Waals surface area contributed by atoms with Gasteiger partial charge in [-0.05, 0) is 29.7 Å². The number of rotatable bonds is 6. The molecule has 0 atom stereocenters. The van der Waals surface area contributed by atoms with Crippen LogP contribution in [0.4, 0.5) is 11.4 Å². The van der Waals surface area contributed by atoms with E-state index < -0.39 is 0 Å². The summed E-state index contributed by atoms with van der Waals surface area (Å²) in [5, 5.41) is 3.59. The Kier molecular flexibility index (Phi) is 7.06. The van der Waals surface area contributed by atoms with Gasteiger partial charge in [0.15, 0.2) is 0 Å². The SMILES string of the molecule is CC(=O)N(CCC(=O)Nc1ccccc1C(C)C)c1cccc(Cl)c1Cl. The van der Waals surface area contributed by atoms with E-state index in [0.29, 0.717) is 21.7 Å². The minimum Gasteiger partial charge on any atom is -0.326 e. The number of amides is 2. The fraction of sp³-hybridized carbons (Fsp3) is 0.300. The number of halogens is 2. The molecule has 138 valence electrons. The predicted octanol–water partition coefficient (Wildman–Crippen LogP) is 5.50. The van der Waals surface area contributed by atoms with Gasteiger partial charge in [-0.3, -0.25) is 9.59 Å². The van der Waals surface area contributed by atoms with E-state index in [9.17, 15) is 9.59 Å². The molecule has 0 aliphatic carbocycles. The first-order valence-electron chi connectivity index (χ1n) is 8.42. The molecule has 0 heterocycles. The van der Waals surface area contributed by atoms with E-state index in [-0.39, 0.29) is 24.8 Å². The minimum atomic E-state index is -0.204. The zero-order chi connectivity index (χ0) is 19.3. The van der Waals surface area contributed by atoms with Crippen LogP contribution in [0.3, 0.4) is 0 Å². The molecule has 0 bridgehead atoms. The highest BCUT2D eigenvalue weighted by atomic mass is 35.5. The molecule has 0 saturated carbocycles. The third-order valence-corrected chi connectivity index (χ3v) is 4.83. The van der Waals surface area contributed by atoms with E-state index in [1.807, 2.05) is 24.3 Å². The molecule has 0 saturated heterocycles. The molecule has 0 radical (unpaired) electrons. The largest absolute Gasteiger partial charge is 0.326 e.